The summed E-state index contributed by atoms with van der Waals surface area (Å²) in [6.45, 7) is 0.680. The molecule has 1 atom stereocenters. The van der Waals surface area contributed by atoms with Gasteiger partial charge in [0.15, 0.2) is 17.5 Å². The first-order valence-corrected chi connectivity index (χ1v) is 8.61. The van der Waals surface area contributed by atoms with Crippen molar-refractivity contribution in [3.8, 4) is 0 Å². The molecule has 6 nitrogen and oxygen atoms in total. The zero-order chi connectivity index (χ0) is 17.5. The number of nitrogens with one attached hydrogen (secondary N) is 1. The summed E-state index contributed by atoms with van der Waals surface area (Å²) in [5, 5.41) is 3.05. The van der Waals surface area contributed by atoms with Crippen molar-refractivity contribution in [3.63, 3.8) is 0 Å². The number of sulfonamides is 1. The van der Waals surface area contributed by atoms with Crippen molar-refractivity contribution < 1.29 is 21.6 Å². The van der Waals surface area contributed by atoms with E-state index >= 15 is 0 Å². The van der Waals surface area contributed by atoms with Crippen LogP contribution in [0.2, 0.25) is 0 Å². The molecule has 0 saturated carbocycles. The van der Waals surface area contributed by atoms with E-state index in [0.717, 1.165) is 10.4 Å². The van der Waals surface area contributed by atoms with Crippen LogP contribution in [0.1, 0.15) is 11.9 Å². The lowest BCUT2D eigenvalue weighted by Crippen LogP contribution is -2.49. The summed E-state index contributed by atoms with van der Waals surface area (Å²) >= 11 is 0. The molecular formula is C14H15F3N4O2S. The highest BCUT2D eigenvalue weighted by molar-refractivity contribution is 7.89. The summed E-state index contributed by atoms with van der Waals surface area (Å²) < 4.78 is 68.9. The van der Waals surface area contributed by atoms with E-state index in [1.807, 2.05) is 0 Å². The number of piperazine rings is 1. The lowest BCUT2D eigenvalue weighted by Gasteiger charge is -2.34. The van der Waals surface area contributed by atoms with E-state index in [9.17, 15) is 21.6 Å². The molecule has 0 amide bonds. The number of benzene rings is 1. The first-order chi connectivity index (χ1) is 11.3. The van der Waals surface area contributed by atoms with Gasteiger partial charge in [0, 0.05) is 39.1 Å². The Hall–Kier alpha value is -1.91. The molecule has 1 unspecified atom stereocenters. The molecule has 1 N–H and O–H groups in total. The Balaban J connectivity index is 2.07. The first kappa shape index (κ1) is 16.9. The van der Waals surface area contributed by atoms with Gasteiger partial charge >= 0.3 is 0 Å². The molecule has 2 aromatic rings. The molecule has 10 heteroatoms. The minimum Gasteiger partial charge on any atom is -0.337 e. The Kier molecular flexibility index (Phi) is 4.37. The van der Waals surface area contributed by atoms with Gasteiger partial charge in [-0.25, -0.2) is 26.6 Å². The average Bonchev–Trinajstić information content (AvgIpc) is 2.98. The number of nitrogens with zero attached hydrogens (tertiary/aromatic N) is 3. The fourth-order valence-electron chi connectivity index (χ4n) is 2.73. The van der Waals surface area contributed by atoms with Gasteiger partial charge in [0.2, 0.25) is 10.0 Å². The molecule has 1 aliphatic rings. The van der Waals surface area contributed by atoms with Crippen molar-refractivity contribution in [3.05, 3.63) is 47.8 Å². The highest BCUT2D eigenvalue weighted by Gasteiger charge is 2.38. The predicted molar refractivity (Wildman–Crippen MR) is 79.0 cm³/mol. The number of aryl methyl sites for hydroxylation is 1. The smallest absolute Gasteiger partial charge is 0.246 e. The molecule has 2 heterocycles. The third kappa shape index (κ3) is 2.70. The van der Waals surface area contributed by atoms with Gasteiger partial charge in [0.1, 0.15) is 10.7 Å². The van der Waals surface area contributed by atoms with Gasteiger partial charge in [-0.2, -0.15) is 4.31 Å². The fraction of sp³-hybridized carbons (Fsp3) is 0.357. The van der Waals surface area contributed by atoms with Crippen LogP contribution in [0.5, 0.6) is 0 Å². The summed E-state index contributed by atoms with van der Waals surface area (Å²) in [5.41, 5.74) is 0. The topological polar surface area (TPSA) is 67.2 Å². The molecule has 1 aliphatic heterocycles. The number of hydrogen-bond acceptors (Lipinski definition) is 4. The Bertz CT molecular complexity index is 869. The normalized spacial score (nSPS) is 19.6. The van der Waals surface area contributed by atoms with Crippen LogP contribution in [0.3, 0.4) is 0 Å². The van der Waals surface area contributed by atoms with Crippen molar-refractivity contribution in [2.45, 2.75) is 10.9 Å². The Morgan fingerprint density at radius 2 is 2.00 bits per heavy atom. The Morgan fingerprint density at radius 3 is 2.67 bits per heavy atom. The van der Waals surface area contributed by atoms with Gasteiger partial charge in [-0.05, 0) is 12.1 Å². The van der Waals surface area contributed by atoms with Crippen molar-refractivity contribution >= 4 is 10.0 Å². The number of rotatable bonds is 3. The summed E-state index contributed by atoms with van der Waals surface area (Å²) in [6, 6.07) is 0.653. The van der Waals surface area contributed by atoms with E-state index < -0.39 is 38.4 Å². The molecule has 3 rings (SSSR count). The predicted octanol–water partition coefficient (Wildman–Crippen LogP) is 1.17. The molecule has 130 valence electrons. The molecule has 1 fully saturated rings. The van der Waals surface area contributed by atoms with Crippen LogP contribution < -0.4 is 5.32 Å². The van der Waals surface area contributed by atoms with Gasteiger partial charge in [-0.3, -0.25) is 0 Å². The lowest BCUT2D eigenvalue weighted by atomic mass is 10.2. The summed E-state index contributed by atoms with van der Waals surface area (Å²) in [6.07, 6.45) is 3.18. The number of aromatic nitrogens is 2. The van der Waals surface area contributed by atoms with Gasteiger partial charge in [-0.15, -0.1) is 0 Å². The van der Waals surface area contributed by atoms with Crippen molar-refractivity contribution in [1.82, 2.24) is 19.2 Å². The van der Waals surface area contributed by atoms with Crippen LogP contribution >= 0.6 is 0 Å². The van der Waals surface area contributed by atoms with E-state index in [1.54, 1.807) is 17.8 Å². The second-order valence-corrected chi connectivity index (χ2v) is 7.26. The average molecular weight is 360 g/mol. The molecule has 0 bridgehead atoms. The molecule has 1 aromatic carbocycles. The maximum atomic E-state index is 14.0. The molecule has 0 radical (unpaired) electrons. The quantitative estimate of drug-likeness (QED) is 0.835. The third-order valence-corrected chi connectivity index (χ3v) is 5.86. The van der Waals surface area contributed by atoms with E-state index in [4.69, 9.17) is 0 Å². The minimum atomic E-state index is -4.37. The van der Waals surface area contributed by atoms with E-state index in [1.165, 1.54) is 6.20 Å². The Morgan fingerprint density at radius 1 is 1.25 bits per heavy atom. The van der Waals surface area contributed by atoms with Gasteiger partial charge in [0.05, 0.1) is 6.04 Å². The van der Waals surface area contributed by atoms with Crippen LogP contribution in [-0.2, 0) is 17.1 Å². The second-order valence-electron chi connectivity index (χ2n) is 5.41. The largest absolute Gasteiger partial charge is 0.337 e. The molecule has 0 spiro atoms. The maximum Gasteiger partial charge on any atom is 0.246 e. The van der Waals surface area contributed by atoms with Crippen LogP contribution in [0.25, 0.3) is 0 Å². The maximum absolute atomic E-state index is 14.0. The highest BCUT2D eigenvalue weighted by atomic mass is 32.2. The zero-order valence-electron chi connectivity index (χ0n) is 12.7. The molecule has 1 saturated heterocycles. The fourth-order valence-corrected chi connectivity index (χ4v) is 4.37. The summed E-state index contributed by atoms with van der Waals surface area (Å²) in [4.78, 5) is 3.25. The minimum absolute atomic E-state index is 0.0539. The van der Waals surface area contributed by atoms with Crippen LogP contribution in [-0.4, -0.2) is 41.9 Å². The van der Waals surface area contributed by atoms with Crippen molar-refractivity contribution in [2.24, 2.45) is 7.05 Å². The standard InChI is InChI=1S/C14H15F3N4O2S/c1-20-6-5-19-14(20)10-8-18-4-7-21(10)24(22,23)11-3-2-9(15)12(16)13(11)17/h2-3,5-6,10,18H,4,7-8H2,1H3. The van der Waals surface area contributed by atoms with E-state index in [-0.39, 0.29) is 13.1 Å². The van der Waals surface area contributed by atoms with Crippen LogP contribution in [0.4, 0.5) is 13.2 Å². The van der Waals surface area contributed by atoms with E-state index in [0.29, 0.717) is 18.4 Å². The van der Waals surface area contributed by atoms with Crippen LogP contribution in [0.15, 0.2) is 29.4 Å². The molecular weight excluding hydrogens is 345 g/mol. The van der Waals surface area contributed by atoms with E-state index in [2.05, 4.69) is 10.3 Å². The van der Waals surface area contributed by atoms with Crippen molar-refractivity contribution in [1.29, 1.82) is 0 Å². The van der Waals surface area contributed by atoms with Crippen LogP contribution in [0, 0.1) is 17.5 Å². The molecule has 0 aliphatic carbocycles. The monoisotopic (exact) mass is 360 g/mol. The Labute approximate surface area is 137 Å². The third-order valence-electron chi connectivity index (χ3n) is 3.94. The highest BCUT2D eigenvalue weighted by Crippen LogP contribution is 2.30. The first-order valence-electron chi connectivity index (χ1n) is 7.17. The summed E-state index contributed by atoms with van der Waals surface area (Å²) in [5.74, 6) is -4.49. The van der Waals surface area contributed by atoms with Gasteiger partial charge in [-0.1, -0.05) is 0 Å². The van der Waals surface area contributed by atoms with Crippen molar-refractivity contribution in [2.75, 3.05) is 19.6 Å². The second kappa shape index (κ2) is 6.19. The number of hydrogen-bond donors (Lipinski definition) is 1. The number of imidazole rings is 1. The molecule has 24 heavy (non-hydrogen) atoms. The lowest BCUT2D eigenvalue weighted by molar-refractivity contribution is 0.257. The molecule has 1 aromatic heterocycles. The SMILES string of the molecule is Cn1ccnc1C1CNCCN1S(=O)(=O)c1ccc(F)c(F)c1F. The summed E-state index contributed by atoms with van der Waals surface area (Å²) in [7, 11) is -2.66. The zero-order valence-corrected chi connectivity index (χ0v) is 13.5. The number of halogens is 3. The van der Waals surface area contributed by atoms with Gasteiger partial charge < -0.3 is 9.88 Å². The van der Waals surface area contributed by atoms with Gasteiger partial charge in [0.25, 0.3) is 0 Å².